The van der Waals surface area contributed by atoms with Gasteiger partial charge in [-0.05, 0) is 13.3 Å². The van der Waals surface area contributed by atoms with Gasteiger partial charge in [-0.15, -0.1) is 6.58 Å². The van der Waals surface area contributed by atoms with Gasteiger partial charge in [0.2, 0.25) is 0 Å². The Morgan fingerprint density at radius 3 is 2.43 bits per heavy atom. The van der Waals surface area contributed by atoms with E-state index in [1.807, 2.05) is 0 Å². The van der Waals surface area contributed by atoms with Crippen molar-refractivity contribution in [2.75, 3.05) is 6.61 Å². The lowest BCUT2D eigenvalue weighted by Crippen LogP contribution is -2.55. The van der Waals surface area contributed by atoms with Gasteiger partial charge >= 0.3 is 5.97 Å². The van der Waals surface area contributed by atoms with Crippen molar-refractivity contribution >= 4 is 11.8 Å². The first-order chi connectivity index (χ1) is 6.52. The fourth-order valence-electron chi connectivity index (χ4n) is 1.03. The zero-order chi connectivity index (χ0) is 11.2. The second-order valence-electron chi connectivity index (χ2n) is 2.96. The molecule has 0 fully saturated rings. The summed E-state index contributed by atoms with van der Waals surface area (Å²) in [6.45, 7) is 7.00. The molecule has 0 bridgehead atoms. The molecule has 0 aromatic heterocycles. The Bertz CT molecular complexity index is 238. The highest BCUT2D eigenvalue weighted by atomic mass is 16.5. The van der Waals surface area contributed by atoms with E-state index in [4.69, 9.17) is 10.5 Å². The van der Waals surface area contributed by atoms with Crippen LogP contribution in [0.25, 0.3) is 0 Å². The molecule has 14 heavy (non-hydrogen) atoms. The standard InChI is InChI=1S/C10H17NO3/c1-4-7-8(12)10(11,5-2)9(13)14-6-3/h4H,1,5-7,11H2,2-3H3. The molecule has 0 aromatic rings. The summed E-state index contributed by atoms with van der Waals surface area (Å²) in [5.74, 6) is -1.01. The van der Waals surface area contributed by atoms with Crippen LogP contribution in [0.15, 0.2) is 12.7 Å². The smallest absolute Gasteiger partial charge is 0.333 e. The second-order valence-corrected chi connectivity index (χ2v) is 2.96. The minimum Gasteiger partial charge on any atom is -0.464 e. The fourth-order valence-corrected chi connectivity index (χ4v) is 1.03. The van der Waals surface area contributed by atoms with E-state index in [0.29, 0.717) is 0 Å². The Balaban J connectivity index is 4.68. The molecule has 0 amide bonds. The number of Topliss-reactive ketones (excluding diaryl/α,β-unsaturated/α-hetero) is 1. The van der Waals surface area contributed by atoms with E-state index >= 15 is 0 Å². The molecule has 2 N–H and O–H groups in total. The number of esters is 1. The quantitative estimate of drug-likeness (QED) is 0.390. The number of nitrogens with two attached hydrogens (primary N) is 1. The Morgan fingerprint density at radius 2 is 2.07 bits per heavy atom. The van der Waals surface area contributed by atoms with Crippen molar-refractivity contribution in [2.45, 2.75) is 32.2 Å². The SMILES string of the molecule is C=CCC(=O)C(N)(CC)C(=O)OCC. The highest BCUT2D eigenvalue weighted by molar-refractivity contribution is 6.08. The van der Waals surface area contributed by atoms with Gasteiger partial charge in [-0.25, -0.2) is 4.79 Å². The van der Waals surface area contributed by atoms with Gasteiger partial charge in [-0.2, -0.15) is 0 Å². The Labute approximate surface area is 84.1 Å². The van der Waals surface area contributed by atoms with Crippen LogP contribution in [-0.4, -0.2) is 23.9 Å². The van der Waals surface area contributed by atoms with Gasteiger partial charge in [-0.1, -0.05) is 13.0 Å². The maximum Gasteiger partial charge on any atom is 0.333 e. The summed E-state index contributed by atoms with van der Waals surface area (Å²) in [6.07, 6.45) is 1.75. The van der Waals surface area contributed by atoms with Crippen LogP contribution in [0.3, 0.4) is 0 Å². The van der Waals surface area contributed by atoms with Crippen LogP contribution in [0.5, 0.6) is 0 Å². The van der Waals surface area contributed by atoms with Crippen molar-refractivity contribution in [3.05, 3.63) is 12.7 Å². The van der Waals surface area contributed by atoms with E-state index < -0.39 is 11.5 Å². The molecule has 0 saturated heterocycles. The van der Waals surface area contributed by atoms with Gasteiger partial charge in [0, 0.05) is 6.42 Å². The van der Waals surface area contributed by atoms with Gasteiger partial charge in [0.25, 0.3) is 0 Å². The van der Waals surface area contributed by atoms with E-state index in [0.717, 1.165) is 0 Å². The minimum atomic E-state index is -1.51. The summed E-state index contributed by atoms with van der Waals surface area (Å²) < 4.78 is 4.75. The number of hydrogen-bond donors (Lipinski definition) is 1. The van der Waals surface area contributed by atoms with Crippen molar-refractivity contribution in [2.24, 2.45) is 5.73 Å². The predicted molar refractivity (Wildman–Crippen MR) is 53.7 cm³/mol. The molecule has 80 valence electrons. The van der Waals surface area contributed by atoms with Crippen LogP contribution in [0, 0.1) is 0 Å². The van der Waals surface area contributed by atoms with Crippen molar-refractivity contribution in [3.8, 4) is 0 Å². The zero-order valence-electron chi connectivity index (χ0n) is 8.71. The van der Waals surface area contributed by atoms with E-state index in [2.05, 4.69) is 6.58 Å². The van der Waals surface area contributed by atoms with Crippen LogP contribution in [0.2, 0.25) is 0 Å². The second kappa shape index (κ2) is 5.54. The average Bonchev–Trinajstić information content (AvgIpc) is 2.17. The van der Waals surface area contributed by atoms with E-state index in [-0.39, 0.29) is 25.2 Å². The molecule has 0 radical (unpaired) electrons. The number of carbonyl (C=O) groups is 2. The van der Waals surface area contributed by atoms with Gasteiger partial charge < -0.3 is 10.5 Å². The topological polar surface area (TPSA) is 69.4 Å². The molecule has 0 rings (SSSR count). The van der Waals surface area contributed by atoms with E-state index in [1.54, 1.807) is 13.8 Å². The maximum atomic E-state index is 11.5. The molecule has 0 spiro atoms. The van der Waals surface area contributed by atoms with Crippen molar-refractivity contribution in [1.29, 1.82) is 0 Å². The lowest BCUT2D eigenvalue weighted by molar-refractivity contribution is -0.153. The molecule has 0 aliphatic carbocycles. The summed E-state index contributed by atoms with van der Waals surface area (Å²) in [5, 5.41) is 0. The van der Waals surface area contributed by atoms with Crippen LogP contribution in [-0.2, 0) is 14.3 Å². The molecular formula is C10H17NO3. The Morgan fingerprint density at radius 1 is 1.50 bits per heavy atom. The highest BCUT2D eigenvalue weighted by Gasteiger charge is 2.40. The first kappa shape index (κ1) is 12.8. The fraction of sp³-hybridized carbons (Fsp3) is 0.600. The van der Waals surface area contributed by atoms with Crippen LogP contribution in [0.4, 0.5) is 0 Å². The monoisotopic (exact) mass is 199 g/mol. The van der Waals surface area contributed by atoms with Gasteiger partial charge in [0.05, 0.1) is 6.61 Å². The van der Waals surface area contributed by atoms with Gasteiger partial charge in [0.15, 0.2) is 11.3 Å². The molecule has 0 aliphatic rings. The molecule has 1 atom stereocenters. The summed E-state index contributed by atoms with van der Waals surface area (Å²) >= 11 is 0. The van der Waals surface area contributed by atoms with Crippen LogP contribution in [0.1, 0.15) is 26.7 Å². The highest BCUT2D eigenvalue weighted by Crippen LogP contribution is 2.13. The number of carbonyl (C=O) groups excluding carboxylic acids is 2. The zero-order valence-corrected chi connectivity index (χ0v) is 8.71. The number of allylic oxidation sites excluding steroid dienone is 1. The first-order valence-corrected chi connectivity index (χ1v) is 4.63. The minimum absolute atomic E-state index is 0.0865. The molecule has 0 saturated carbocycles. The molecule has 4 heteroatoms. The first-order valence-electron chi connectivity index (χ1n) is 4.63. The lowest BCUT2D eigenvalue weighted by atomic mass is 9.90. The molecule has 4 nitrogen and oxygen atoms in total. The van der Waals surface area contributed by atoms with Crippen LogP contribution >= 0.6 is 0 Å². The number of hydrogen-bond acceptors (Lipinski definition) is 4. The third-order valence-electron chi connectivity index (χ3n) is 2.02. The van der Waals surface area contributed by atoms with E-state index in [1.165, 1.54) is 6.08 Å². The largest absolute Gasteiger partial charge is 0.464 e. The maximum absolute atomic E-state index is 11.5. The summed E-state index contributed by atoms with van der Waals surface area (Å²) in [5.41, 5.74) is 4.17. The number of ether oxygens (including phenoxy) is 1. The third kappa shape index (κ3) is 2.67. The molecule has 0 aromatic carbocycles. The summed E-state index contributed by atoms with van der Waals surface area (Å²) in [6, 6.07) is 0. The van der Waals surface area contributed by atoms with Crippen molar-refractivity contribution < 1.29 is 14.3 Å². The molecular weight excluding hydrogens is 182 g/mol. The number of rotatable bonds is 6. The van der Waals surface area contributed by atoms with Gasteiger partial charge in [0.1, 0.15) is 0 Å². The molecule has 1 unspecified atom stereocenters. The predicted octanol–water partition coefficient (Wildman–Crippen LogP) is 0.802. The summed E-state index contributed by atoms with van der Waals surface area (Å²) in [7, 11) is 0. The molecule has 0 aliphatic heterocycles. The Hall–Kier alpha value is -1.16. The van der Waals surface area contributed by atoms with Crippen molar-refractivity contribution in [3.63, 3.8) is 0 Å². The Kier molecular flexibility index (Phi) is 5.09. The van der Waals surface area contributed by atoms with Crippen LogP contribution < -0.4 is 5.73 Å². The van der Waals surface area contributed by atoms with E-state index in [9.17, 15) is 9.59 Å². The average molecular weight is 199 g/mol. The normalized spacial score (nSPS) is 14.2. The third-order valence-corrected chi connectivity index (χ3v) is 2.02. The lowest BCUT2D eigenvalue weighted by Gasteiger charge is -2.23. The molecule has 0 heterocycles. The summed E-state index contributed by atoms with van der Waals surface area (Å²) in [4.78, 5) is 22.9. The number of ketones is 1. The van der Waals surface area contributed by atoms with Crippen molar-refractivity contribution in [1.82, 2.24) is 0 Å². The van der Waals surface area contributed by atoms with Gasteiger partial charge in [-0.3, -0.25) is 4.79 Å².